The number of aliphatic hydroxyl groups is 1. The SMILES string of the molecule is COc1ccc(S(=O)(=O)N[C@@H](CO)C(=O)NC2CCCCC2)cc1. The van der Waals surface area contributed by atoms with Crippen LogP contribution in [-0.2, 0) is 14.8 Å². The smallest absolute Gasteiger partial charge is 0.241 e. The first-order chi connectivity index (χ1) is 11.5. The quantitative estimate of drug-likeness (QED) is 0.670. The van der Waals surface area contributed by atoms with Crippen molar-refractivity contribution >= 4 is 15.9 Å². The zero-order valence-electron chi connectivity index (χ0n) is 13.7. The van der Waals surface area contributed by atoms with Gasteiger partial charge in [0.1, 0.15) is 11.8 Å². The van der Waals surface area contributed by atoms with Crippen LogP contribution in [0.15, 0.2) is 29.2 Å². The number of nitrogens with one attached hydrogen (secondary N) is 2. The van der Waals surface area contributed by atoms with E-state index in [-0.39, 0.29) is 10.9 Å². The van der Waals surface area contributed by atoms with Gasteiger partial charge in [0.2, 0.25) is 15.9 Å². The largest absolute Gasteiger partial charge is 0.497 e. The molecule has 0 spiro atoms. The van der Waals surface area contributed by atoms with Gasteiger partial charge < -0.3 is 15.2 Å². The number of ether oxygens (including phenoxy) is 1. The average molecular weight is 356 g/mol. The maximum absolute atomic E-state index is 12.4. The van der Waals surface area contributed by atoms with Crippen molar-refractivity contribution in [1.29, 1.82) is 0 Å². The fourth-order valence-electron chi connectivity index (χ4n) is 2.73. The van der Waals surface area contributed by atoms with Crippen LogP contribution in [-0.4, -0.2) is 45.2 Å². The highest BCUT2D eigenvalue weighted by Crippen LogP contribution is 2.18. The number of carbonyl (C=O) groups excluding carboxylic acids is 1. The van der Waals surface area contributed by atoms with Gasteiger partial charge in [0.25, 0.3) is 0 Å². The molecule has 1 amide bonds. The van der Waals surface area contributed by atoms with Gasteiger partial charge in [0.05, 0.1) is 18.6 Å². The minimum absolute atomic E-state index is 0.00668. The summed E-state index contributed by atoms with van der Waals surface area (Å²) in [6.07, 6.45) is 5.02. The first-order valence-corrected chi connectivity index (χ1v) is 9.52. The van der Waals surface area contributed by atoms with Crippen molar-refractivity contribution in [2.45, 2.75) is 49.1 Å². The lowest BCUT2D eigenvalue weighted by molar-refractivity contribution is -0.124. The van der Waals surface area contributed by atoms with Crippen LogP contribution in [0, 0.1) is 0 Å². The summed E-state index contributed by atoms with van der Waals surface area (Å²) in [4.78, 5) is 12.2. The minimum Gasteiger partial charge on any atom is -0.497 e. The Morgan fingerprint density at radius 2 is 1.88 bits per heavy atom. The Morgan fingerprint density at radius 1 is 1.25 bits per heavy atom. The Balaban J connectivity index is 2.02. The van der Waals surface area contributed by atoms with Gasteiger partial charge in [-0.3, -0.25) is 4.79 Å². The molecule has 1 fully saturated rings. The Kier molecular flexibility index (Phi) is 6.59. The number of carbonyl (C=O) groups is 1. The monoisotopic (exact) mass is 356 g/mol. The van der Waals surface area contributed by atoms with Gasteiger partial charge in [-0.25, -0.2) is 8.42 Å². The number of hydrogen-bond acceptors (Lipinski definition) is 5. The zero-order valence-corrected chi connectivity index (χ0v) is 14.5. The third-order valence-corrected chi connectivity index (χ3v) is 5.61. The summed E-state index contributed by atoms with van der Waals surface area (Å²) in [5.41, 5.74) is 0. The summed E-state index contributed by atoms with van der Waals surface area (Å²) in [6.45, 7) is -0.603. The average Bonchev–Trinajstić information content (AvgIpc) is 2.60. The van der Waals surface area contributed by atoms with E-state index in [2.05, 4.69) is 10.0 Å². The van der Waals surface area contributed by atoms with Gasteiger partial charge in [-0.15, -0.1) is 0 Å². The first-order valence-electron chi connectivity index (χ1n) is 8.04. The maximum Gasteiger partial charge on any atom is 0.241 e. The van der Waals surface area contributed by atoms with Gasteiger partial charge in [-0.2, -0.15) is 4.72 Å². The van der Waals surface area contributed by atoms with Crippen LogP contribution in [0.25, 0.3) is 0 Å². The highest BCUT2D eigenvalue weighted by molar-refractivity contribution is 7.89. The van der Waals surface area contributed by atoms with Gasteiger partial charge in [-0.1, -0.05) is 19.3 Å². The van der Waals surface area contributed by atoms with Crippen LogP contribution in [0.3, 0.4) is 0 Å². The molecule has 24 heavy (non-hydrogen) atoms. The molecule has 2 rings (SSSR count). The molecule has 1 aromatic carbocycles. The van der Waals surface area contributed by atoms with Crippen molar-refractivity contribution in [3.05, 3.63) is 24.3 Å². The van der Waals surface area contributed by atoms with E-state index in [1.165, 1.54) is 31.4 Å². The molecule has 0 bridgehead atoms. The van der Waals surface area contributed by atoms with Gasteiger partial charge in [-0.05, 0) is 37.1 Å². The molecule has 1 aliphatic carbocycles. The van der Waals surface area contributed by atoms with Crippen LogP contribution >= 0.6 is 0 Å². The number of sulfonamides is 1. The van der Waals surface area contributed by atoms with E-state index in [1.54, 1.807) is 0 Å². The van der Waals surface area contributed by atoms with Crippen molar-refractivity contribution in [3.63, 3.8) is 0 Å². The highest BCUT2D eigenvalue weighted by atomic mass is 32.2. The van der Waals surface area contributed by atoms with Crippen molar-refractivity contribution < 1.29 is 23.1 Å². The minimum atomic E-state index is -3.91. The first kappa shape index (κ1) is 18.7. The van der Waals surface area contributed by atoms with E-state index in [4.69, 9.17) is 4.74 Å². The summed E-state index contributed by atoms with van der Waals surface area (Å²) in [5.74, 6) is 0.0317. The van der Waals surface area contributed by atoms with Crippen molar-refractivity contribution in [3.8, 4) is 5.75 Å². The van der Waals surface area contributed by atoms with Crippen molar-refractivity contribution in [2.75, 3.05) is 13.7 Å². The van der Waals surface area contributed by atoms with Gasteiger partial charge in [0, 0.05) is 6.04 Å². The molecule has 1 aromatic rings. The number of amides is 1. The molecule has 0 saturated heterocycles. The highest BCUT2D eigenvalue weighted by Gasteiger charge is 2.27. The Bertz CT molecular complexity index is 639. The Labute approximate surface area is 142 Å². The molecule has 0 radical (unpaired) electrons. The number of methoxy groups -OCH3 is 1. The molecule has 0 heterocycles. The fraction of sp³-hybridized carbons (Fsp3) is 0.562. The Morgan fingerprint density at radius 3 is 2.42 bits per heavy atom. The predicted octanol–water partition coefficient (Wildman–Crippen LogP) is 0.783. The number of rotatable bonds is 7. The van der Waals surface area contributed by atoms with E-state index in [1.807, 2.05) is 0 Å². The number of aliphatic hydroxyl groups excluding tert-OH is 1. The van der Waals surface area contributed by atoms with E-state index in [9.17, 15) is 18.3 Å². The number of hydrogen-bond donors (Lipinski definition) is 3. The molecule has 0 unspecified atom stereocenters. The topological polar surface area (TPSA) is 105 Å². The second-order valence-corrected chi connectivity index (χ2v) is 7.59. The van der Waals surface area contributed by atoms with Crippen LogP contribution in [0.4, 0.5) is 0 Å². The third kappa shape index (κ3) is 4.93. The van der Waals surface area contributed by atoms with Crippen LogP contribution < -0.4 is 14.8 Å². The summed E-state index contributed by atoms with van der Waals surface area (Å²) in [5, 5.41) is 12.2. The lowest BCUT2D eigenvalue weighted by atomic mass is 9.95. The molecule has 7 nitrogen and oxygen atoms in total. The molecule has 1 atom stereocenters. The molecule has 1 saturated carbocycles. The molecular formula is C16H24N2O5S. The van der Waals surface area contributed by atoms with Gasteiger partial charge >= 0.3 is 0 Å². The van der Waals surface area contributed by atoms with Crippen molar-refractivity contribution in [2.24, 2.45) is 0 Å². The van der Waals surface area contributed by atoms with E-state index in [0.29, 0.717) is 5.75 Å². The van der Waals surface area contributed by atoms with E-state index >= 15 is 0 Å². The molecule has 134 valence electrons. The molecular weight excluding hydrogens is 332 g/mol. The van der Waals surface area contributed by atoms with Crippen molar-refractivity contribution in [1.82, 2.24) is 10.0 Å². The lowest BCUT2D eigenvalue weighted by Crippen LogP contribution is -2.51. The molecule has 3 N–H and O–H groups in total. The molecule has 8 heteroatoms. The fourth-order valence-corrected chi connectivity index (χ4v) is 3.92. The standard InChI is InChI=1S/C16H24N2O5S/c1-23-13-7-9-14(10-8-13)24(21,22)18-15(11-19)16(20)17-12-5-3-2-4-6-12/h7-10,12,15,18-19H,2-6,11H2,1H3,(H,17,20)/t15-/m0/s1. The summed E-state index contributed by atoms with van der Waals surface area (Å²) in [7, 11) is -2.42. The summed E-state index contributed by atoms with van der Waals surface area (Å²) < 4.78 is 32.0. The lowest BCUT2D eigenvalue weighted by Gasteiger charge is -2.25. The summed E-state index contributed by atoms with van der Waals surface area (Å²) in [6, 6.07) is 4.64. The second-order valence-electron chi connectivity index (χ2n) is 5.88. The normalized spacial score (nSPS) is 17.2. The number of benzene rings is 1. The summed E-state index contributed by atoms with van der Waals surface area (Å²) >= 11 is 0. The van der Waals surface area contributed by atoms with Gasteiger partial charge in [0.15, 0.2) is 0 Å². The van der Waals surface area contributed by atoms with Crippen LogP contribution in [0.1, 0.15) is 32.1 Å². The Hall–Kier alpha value is -1.64. The predicted molar refractivity (Wildman–Crippen MR) is 89.2 cm³/mol. The van der Waals surface area contributed by atoms with E-state index < -0.39 is 28.6 Å². The van der Waals surface area contributed by atoms with Crippen LogP contribution in [0.5, 0.6) is 5.75 Å². The maximum atomic E-state index is 12.4. The molecule has 0 aromatic heterocycles. The van der Waals surface area contributed by atoms with E-state index in [0.717, 1.165) is 32.1 Å². The third-order valence-electron chi connectivity index (χ3n) is 4.12. The van der Waals surface area contributed by atoms with Crippen LogP contribution in [0.2, 0.25) is 0 Å². The zero-order chi connectivity index (χ0) is 17.6. The molecule has 1 aliphatic rings. The molecule has 0 aliphatic heterocycles. The second kappa shape index (κ2) is 8.46.